The summed E-state index contributed by atoms with van der Waals surface area (Å²) in [5.41, 5.74) is 1.39. The van der Waals surface area contributed by atoms with Crippen molar-refractivity contribution in [3.05, 3.63) is 28.0 Å². The topological polar surface area (TPSA) is 41.1 Å². The highest BCUT2D eigenvalue weighted by Crippen LogP contribution is 2.24. The smallest absolute Gasteiger partial charge is 0.228 e. The molecule has 0 saturated carbocycles. The zero-order valence-corrected chi connectivity index (χ0v) is 11.1. The van der Waals surface area contributed by atoms with Gasteiger partial charge in [0.1, 0.15) is 5.82 Å². The van der Waals surface area contributed by atoms with Crippen molar-refractivity contribution in [1.29, 1.82) is 0 Å². The van der Waals surface area contributed by atoms with Gasteiger partial charge in [0.05, 0.1) is 10.4 Å². The Kier molecular flexibility index (Phi) is 3.79. The van der Waals surface area contributed by atoms with E-state index in [1.165, 1.54) is 6.07 Å². The maximum Gasteiger partial charge on any atom is 0.228 e. The van der Waals surface area contributed by atoms with E-state index in [4.69, 9.17) is 0 Å². The van der Waals surface area contributed by atoms with Gasteiger partial charge in [0.25, 0.3) is 0 Å². The predicted octanol–water partition coefficient (Wildman–Crippen LogP) is 2.44. The second-order valence-electron chi connectivity index (χ2n) is 4.26. The molecule has 0 radical (unpaired) electrons. The van der Waals surface area contributed by atoms with Crippen molar-refractivity contribution in [3.63, 3.8) is 0 Å². The number of carbonyl (C=O) groups is 1. The van der Waals surface area contributed by atoms with Gasteiger partial charge in [-0.2, -0.15) is 0 Å². The lowest BCUT2D eigenvalue weighted by atomic mass is 10.1. The van der Waals surface area contributed by atoms with Crippen LogP contribution >= 0.6 is 15.9 Å². The van der Waals surface area contributed by atoms with Gasteiger partial charge in [-0.25, -0.2) is 4.39 Å². The largest absolute Gasteiger partial charge is 0.325 e. The Morgan fingerprint density at radius 3 is 3.00 bits per heavy atom. The van der Waals surface area contributed by atoms with Crippen molar-refractivity contribution in [2.24, 2.45) is 5.92 Å². The molecule has 2 rings (SSSR count). The lowest BCUT2D eigenvalue weighted by molar-refractivity contribution is -0.119. The summed E-state index contributed by atoms with van der Waals surface area (Å²) in [6, 6.07) is 3.01. The van der Waals surface area contributed by atoms with Gasteiger partial charge >= 0.3 is 0 Å². The lowest BCUT2D eigenvalue weighted by Gasteiger charge is -2.12. The third-order valence-corrected chi connectivity index (χ3v) is 3.56. The summed E-state index contributed by atoms with van der Waals surface area (Å²) in [6.45, 7) is 3.41. The minimum Gasteiger partial charge on any atom is -0.325 e. The van der Waals surface area contributed by atoms with Crippen LogP contribution in [0, 0.1) is 18.7 Å². The van der Waals surface area contributed by atoms with E-state index in [-0.39, 0.29) is 17.6 Å². The molecule has 0 aromatic heterocycles. The van der Waals surface area contributed by atoms with E-state index in [1.54, 1.807) is 6.07 Å². The van der Waals surface area contributed by atoms with E-state index in [0.29, 0.717) is 16.7 Å². The lowest BCUT2D eigenvalue weighted by Crippen LogP contribution is -2.25. The average Bonchev–Trinajstić information content (AvgIpc) is 2.79. The highest BCUT2D eigenvalue weighted by molar-refractivity contribution is 9.10. The monoisotopic (exact) mass is 300 g/mol. The Hall–Kier alpha value is -0.940. The van der Waals surface area contributed by atoms with Crippen LogP contribution in [0.25, 0.3) is 0 Å². The van der Waals surface area contributed by atoms with Crippen LogP contribution < -0.4 is 10.6 Å². The molecule has 1 saturated heterocycles. The van der Waals surface area contributed by atoms with Gasteiger partial charge in [-0.05, 0) is 53.5 Å². The molecule has 3 nitrogen and oxygen atoms in total. The summed E-state index contributed by atoms with van der Waals surface area (Å²) >= 11 is 3.11. The van der Waals surface area contributed by atoms with Gasteiger partial charge in [0.15, 0.2) is 0 Å². The molecule has 92 valence electrons. The fourth-order valence-corrected chi connectivity index (χ4v) is 2.35. The molecule has 1 aromatic rings. The Bertz CT molecular complexity index is 444. The van der Waals surface area contributed by atoms with E-state index in [1.807, 2.05) is 6.92 Å². The summed E-state index contributed by atoms with van der Waals surface area (Å²) in [4.78, 5) is 11.9. The second kappa shape index (κ2) is 5.14. The van der Waals surface area contributed by atoms with Gasteiger partial charge in [-0.15, -0.1) is 0 Å². The number of halogens is 2. The van der Waals surface area contributed by atoms with Crippen LogP contribution in [0.3, 0.4) is 0 Å². The molecule has 5 heteroatoms. The molecule has 17 heavy (non-hydrogen) atoms. The first-order chi connectivity index (χ1) is 8.08. The summed E-state index contributed by atoms with van der Waals surface area (Å²) in [6.07, 6.45) is 0.837. The van der Waals surface area contributed by atoms with Crippen molar-refractivity contribution in [1.82, 2.24) is 5.32 Å². The SMILES string of the molecule is Cc1cc(Br)c(F)cc1NC(=O)C1CCNC1. The third kappa shape index (κ3) is 2.84. The van der Waals surface area contributed by atoms with Gasteiger partial charge in [-0.3, -0.25) is 4.79 Å². The fraction of sp³-hybridized carbons (Fsp3) is 0.417. The van der Waals surface area contributed by atoms with Gasteiger partial charge < -0.3 is 10.6 Å². The molecule has 1 heterocycles. The minimum absolute atomic E-state index is 0.0129. The Morgan fingerprint density at radius 1 is 1.59 bits per heavy atom. The van der Waals surface area contributed by atoms with E-state index in [2.05, 4.69) is 26.6 Å². The van der Waals surface area contributed by atoms with Crippen LogP contribution in [0.15, 0.2) is 16.6 Å². The van der Waals surface area contributed by atoms with Gasteiger partial charge in [0, 0.05) is 12.2 Å². The van der Waals surface area contributed by atoms with Crippen molar-refractivity contribution in [2.75, 3.05) is 18.4 Å². The van der Waals surface area contributed by atoms with Gasteiger partial charge in [0.2, 0.25) is 5.91 Å². The minimum atomic E-state index is -0.365. The van der Waals surface area contributed by atoms with E-state index < -0.39 is 0 Å². The molecule has 1 aliphatic heterocycles. The maximum atomic E-state index is 13.4. The summed E-state index contributed by atoms with van der Waals surface area (Å²) in [7, 11) is 0. The number of hydrogen-bond acceptors (Lipinski definition) is 2. The Labute approximate surface area is 108 Å². The van der Waals surface area contributed by atoms with Crippen molar-refractivity contribution in [3.8, 4) is 0 Å². The molecular weight excluding hydrogens is 287 g/mol. The molecule has 2 N–H and O–H groups in total. The zero-order chi connectivity index (χ0) is 12.4. The quantitative estimate of drug-likeness (QED) is 0.881. The van der Waals surface area contributed by atoms with Gasteiger partial charge in [-0.1, -0.05) is 0 Å². The number of rotatable bonds is 2. The number of carbonyl (C=O) groups excluding carboxylic acids is 1. The Morgan fingerprint density at radius 2 is 2.35 bits per heavy atom. The van der Waals surface area contributed by atoms with Crippen molar-refractivity contribution in [2.45, 2.75) is 13.3 Å². The van der Waals surface area contributed by atoms with Crippen LogP contribution in [-0.2, 0) is 4.79 Å². The molecule has 0 spiro atoms. The molecule has 1 atom stereocenters. The van der Waals surface area contributed by atoms with E-state index >= 15 is 0 Å². The number of benzene rings is 1. The molecule has 0 aliphatic carbocycles. The first-order valence-corrected chi connectivity index (χ1v) is 6.34. The molecule has 1 amide bonds. The van der Waals surface area contributed by atoms with Crippen LogP contribution in [0.2, 0.25) is 0 Å². The van der Waals surface area contributed by atoms with Crippen molar-refractivity contribution < 1.29 is 9.18 Å². The first kappa shape index (κ1) is 12.5. The number of nitrogens with one attached hydrogen (secondary N) is 2. The molecule has 1 aromatic carbocycles. The number of aryl methyl sites for hydroxylation is 1. The van der Waals surface area contributed by atoms with Crippen LogP contribution in [0.4, 0.5) is 10.1 Å². The zero-order valence-electron chi connectivity index (χ0n) is 9.52. The summed E-state index contributed by atoms with van der Waals surface area (Å²) in [5, 5.41) is 5.91. The molecule has 0 bridgehead atoms. The standard InChI is InChI=1S/C12H14BrFN2O/c1-7-4-9(13)10(14)5-11(7)16-12(17)8-2-3-15-6-8/h4-5,8,15H,2-3,6H2,1H3,(H,16,17). The molecule has 1 unspecified atom stereocenters. The predicted molar refractivity (Wildman–Crippen MR) is 68.4 cm³/mol. The normalized spacial score (nSPS) is 19.4. The number of amides is 1. The van der Waals surface area contributed by atoms with Crippen LogP contribution in [0.5, 0.6) is 0 Å². The fourth-order valence-electron chi connectivity index (χ4n) is 1.89. The Balaban J connectivity index is 2.12. The molecule has 1 aliphatic rings. The van der Waals surface area contributed by atoms with E-state index in [0.717, 1.165) is 18.5 Å². The summed E-state index contributed by atoms with van der Waals surface area (Å²) in [5.74, 6) is -0.420. The summed E-state index contributed by atoms with van der Waals surface area (Å²) < 4.78 is 13.8. The van der Waals surface area contributed by atoms with Crippen LogP contribution in [-0.4, -0.2) is 19.0 Å². The third-order valence-electron chi connectivity index (χ3n) is 2.96. The van der Waals surface area contributed by atoms with Crippen LogP contribution in [0.1, 0.15) is 12.0 Å². The number of anilines is 1. The number of hydrogen-bond donors (Lipinski definition) is 2. The van der Waals surface area contributed by atoms with Crippen molar-refractivity contribution >= 4 is 27.5 Å². The second-order valence-corrected chi connectivity index (χ2v) is 5.11. The highest BCUT2D eigenvalue weighted by Gasteiger charge is 2.22. The van der Waals surface area contributed by atoms with E-state index in [9.17, 15) is 9.18 Å². The maximum absolute atomic E-state index is 13.4. The highest BCUT2D eigenvalue weighted by atomic mass is 79.9. The first-order valence-electron chi connectivity index (χ1n) is 5.55. The molecule has 1 fully saturated rings. The molecular formula is C12H14BrFN2O. The average molecular weight is 301 g/mol.